The number of benzene rings is 1. The Morgan fingerprint density at radius 2 is 1.78 bits per heavy atom. The first-order valence-electron chi connectivity index (χ1n) is 9.23. The molecule has 0 aliphatic heterocycles. The average Bonchev–Trinajstić information content (AvgIpc) is 2.64. The highest BCUT2D eigenvalue weighted by atomic mass is 32.2. The number of nitrogens with one attached hydrogen (secondary N) is 2. The molecule has 0 spiro atoms. The van der Waals surface area contributed by atoms with E-state index in [1.807, 2.05) is 44.1 Å². The lowest BCUT2D eigenvalue weighted by Crippen LogP contribution is -2.29. The van der Waals surface area contributed by atoms with Gasteiger partial charge >= 0.3 is 0 Å². The number of fused-ring (bicyclic) bond motifs is 1. The van der Waals surface area contributed by atoms with E-state index in [9.17, 15) is 8.42 Å². The molecule has 2 N–H and O–H groups in total. The van der Waals surface area contributed by atoms with Crippen molar-refractivity contribution in [3.05, 3.63) is 41.1 Å². The number of sulfonamides is 1. The first kappa shape index (κ1) is 19.6. The third-order valence-electron chi connectivity index (χ3n) is 4.63. The number of nitrogens with zero attached hydrogens (tertiary/aromatic N) is 3. The van der Waals surface area contributed by atoms with Crippen LogP contribution in [0.3, 0.4) is 0 Å². The van der Waals surface area contributed by atoms with Crippen LogP contribution in [0.4, 0.5) is 11.8 Å². The van der Waals surface area contributed by atoms with Crippen molar-refractivity contribution in [1.29, 1.82) is 0 Å². The van der Waals surface area contributed by atoms with Crippen LogP contribution in [0.2, 0.25) is 0 Å². The molecule has 8 heteroatoms. The van der Waals surface area contributed by atoms with Gasteiger partial charge in [-0.2, -0.15) is 4.98 Å². The minimum atomic E-state index is -3.52. The molecule has 1 heterocycles. The van der Waals surface area contributed by atoms with Crippen molar-refractivity contribution in [3.8, 4) is 0 Å². The predicted molar refractivity (Wildman–Crippen MR) is 108 cm³/mol. The van der Waals surface area contributed by atoms with Crippen LogP contribution in [0.1, 0.15) is 29.7 Å². The maximum atomic E-state index is 12.6. The van der Waals surface area contributed by atoms with E-state index < -0.39 is 10.0 Å². The number of hydrogen-bond donors (Lipinski definition) is 2. The van der Waals surface area contributed by atoms with Gasteiger partial charge in [0.1, 0.15) is 5.82 Å². The van der Waals surface area contributed by atoms with Crippen LogP contribution in [-0.4, -0.2) is 45.6 Å². The second kappa shape index (κ2) is 8.22. The molecule has 0 unspecified atom stereocenters. The molecule has 0 saturated carbocycles. The van der Waals surface area contributed by atoms with Gasteiger partial charge in [0.15, 0.2) is 0 Å². The third-order valence-corrected chi connectivity index (χ3v) is 6.09. The monoisotopic (exact) mass is 389 g/mol. The van der Waals surface area contributed by atoms with Crippen LogP contribution in [0.25, 0.3) is 0 Å². The van der Waals surface area contributed by atoms with E-state index >= 15 is 0 Å². The van der Waals surface area contributed by atoms with E-state index in [1.165, 1.54) is 12.0 Å². The molecule has 146 valence electrons. The Hall–Kier alpha value is -2.19. The topological polar surface area (TPSA) is 87.2 Å². The van der Waals surface area contributed by atoms with Gasteiger partial charge in [0.2, 0.25) is 16.0 Å². The van der Waals surface area contributed by atoms with Crippen molar-refractivity contribution < 1.29 is 8.42 Å². The van der Waals surface area contributed by atoms with Gasteiger partial charge in [-0.3, -0.25) is 0 Å². The van der Waals surface area contributed by atoms with Crippen LogP contribution in [0.15, 0.2) is 29.2 Å². The number of hydrogen-bond acceptors (Lipinski definition) is 6. The first-order valence-corrected chi connectivity index (χ1v) is 10.7. The molecular formula is C19H27N5O2S. The Morgan fingerprint density at radius 1 is 1.04 bits per heavy atom. The molecule has 27 heavy (non-hydrogen) atoms. The Labute approximate surface area is 161 Å². The third kappa shape index (κ3) is 4.95. The summed E-state index contributed by atoms with van der Waals surface area (Å²) in [5.74, 6) is 1.30. The van der Waals surface area contributed by atoms with Crippen molar-refractivity contribution in [3.63, 3.8) is 0 Å². The maximum Gasteiger partial charge on any atom is 0.240 e. The zero-order valence-electron chi connectivity index (χ0n) is 16.1. The van der Waals surface area contributed by atoms with Crippen molar-refractivity contribution in [2.75, 3.05) is 37.4 Å². The summed E-state index contributed by atoms with van der Waals surface area (Å²) < 4.78 is 27.7. The van der Waals surface area contributed by atoms with Crippen molar-refractivity contribution in [2.24, 2.45) is 0 Å². The van der Waals surface area contributed by atoms with Crippen molar-refractivity contribution in [1.82, 2.24) is 14.7 Å². The van der Waals surface area contributed by atoms with Crippen molar-refractivity contribution >= 4 is 21.8 Å². The number of aryl methyl sites for hydroxylation is 3. The van der Waals surface area contributed by atoms with E-state index in [4.69, 9.17) is 0 Å². The van der Waals surface area contributed by atoms with Gasteiger partial charge < -0.3 is 10.2 Å². The summed E-state index contributed by atoms with van der Waals surface area (Å²) in [6, 6.07) is 7.36. The van der Waals surface area contributed by atoms with E-state index in [0.717, 1.165) is 36.3 Å². The van der Waals surface area contributed by atoms with Gasteiger partial charge in [-0.1, -0.05) is 6.07 Å². The molecule has 0 amide bonds. The minimum absolute atomic E-state index is 0.258. The normalized spacial score (nSPS) is 13.9. The summed E-state index contributed by atoms with van der Waals surface area (Å²) in [4.78, 5) is 11.0. The van der Waals surface area contributed by atoms with E-state index in [-0.39, 0.29) is 6.54 Å². The first-order chi connectivity index (χ1) is 12.8. The van der Waals surface area contributed by atoms with Gasteiger partial charge in [-0.15, -0.1) is 0 Å². The van der Waals surface area contributed by atoms with Crippen LogP contribution in [0.5, 0.6) is 0 Å². The number of rotatable bonds is 7. The second-order valence-corrected chi connectivity index (χ2v) is 8.81. The number of anilines is 2. The highest BCUT2D eigenvalue weighted by Gasteiger charge is 2.17. The summed E-state index contributed by atoms with van der Waals surface area (Å²) >= 11 is 0. The lowest BCUT2D eigenvalue weighted by atomic mass is 9.92. The molecule has 1 aliphatic carbocycles. The SMILES string of the molecule is Cc1cc(N(C)C)nc(NCCNS(=O)(=O)c2ccc3c(c2)CCCC3)n1. The average molecular weight is 390 g/mol. The maximum absolute atomic E-state index is 12.6. The predicted octanol–water partition coefficient (Wildman–Crippen LogP) is 2.12. The zero-order chi connectivity index (χ0) is 19.4. The van der Waals surface area contributed by atoms with Crippen LogP contribution >= 0.6 is 0 Å². The largest absolute Gasteiger partial charge is 0.363 e. The van der Waals surface area contributed by atoms with Gasteiger partial charge in [-0.25, -0.2) is 18.1 Å². The Morgan fingerprint density at radius 3 is 2.52 bits per heavy atom. The fourth-order valence-corrected chi connectivity index (χ4v) is 4.26. The summed E-state index contributed by atoms with van der Waals surface area (Å²) in [7, 11) is 0.313. The lowest BCUT2D eigenvalue weighted by Gasteiger charge is -2.17. The molecule has 3 rings (SSSR count). The smallest absolute Gasteiger partial charge is 0.240 e. The summed E-state index contributed by atoms with van der Waals surface area (Å²) in [6.45, 7) is 2.56. The summed E-state index contributed by atoms with van der Waals surface area (Å²) in [6.07, 6.45) is 4.30. The summed E-state index contributed by atoms with van der Waals surface area (Å²) in [5.41, 5.74) is 3.28. The molecule has 1 aromatic heterocycles. The quantitative estimate of drug-likeness (QED) is 0.706. The Balaban J connectivity index is 1.58. The van der Waals surface area contributed by atoms with Gasteiger partial charge in [0.05, 0.1) is 4.90 Å². The molecule has 7 nitrogen and oxygen atoms in total. The lowest BCUT2D eigenvalue weighted by molar-refractivity contribution is 0.582. The molecule has 0 bridgehead atoms. The zero-order valence-corrected chi connectivity index (χ0v) is 16.9. The minimum Gasteiger partial charge on any atom is -0.363 e. The van der Waals surface area contributed by atoms with E-state index in [2.05, 4.69) is 20.0 Å². The standard InChI is InChI=1S/C19H27N5O2S/c1-14-12-18(24(2)3)23-19(22-14)20-10-11-21-27(25,26)17-9-8-15-6-4-5-7-16(15)13-17/h8-9,12-13,21H,4-7,10-11H2,1-3H3,(H,20,22,23). The molecule has 0 fully saturated rings. The molecule has 2 aromatic rings. The Bertz CT molecular complexity index is 912. The number of aromatic nitrogens is 2. The Kier molecular flexibility index (Phi) is 5.96. The van der Waals surface area contributed by atoms with E-state index in [1.54, 1.807) is 6.07 Å². The second-order valence-electron chi connectivity index (χ2n) is 7.05. The fraction of sp³-hybridized carbons (Fsp3) is 0.474. The fourth-order valence-electron chi connectivity index (χ4n) is 3.18. The molecule has 0 radical (unpaired) electrons. The van der Waals surface area contributed by atoms with Crippen molar-refractivity contribution in [2.45, 2.75) is 37.5 Å². The van der Waals surface area contributed by atoms with E-state index in [0.29, 0.717) is 17.4 Å². The molecule has 1 aromatic carbocycles. The molecular weight excluding hydrogens is 362 g/mol. The highest BCUT2D eigenvalue weighted by Crippen LogP contribution is 2.24. The van der Waals surface area contributed by atoms with Gasteiger partial charge in [0, 0.05) is 38.9 Å². The molecule has 0 atom stereocenters. The van der Waals surface area contributed by atoms with Gasteiger partial charge in [-0.05, 0) is 55.9 Å². The van der Waals surface area contributed by atoms with Crippen LogP contribution in [-0.2, 0) is 22.9 Å². The van der Waals surface area contributed by atoms with Crippen LogP contribution < -0.4 is 14.9 Å². The molecule has 1 aliphatic rings. The molecule has 0 saturated heterocycles. The highest BCUT2D eigenvalue weighted by molar-refractivity contribution is 7.89. The van der Waals surface area contributed by atoms with Gasteiger partial charge in [0.25, 0.3) is 0 Å². The summed E-state index contributed by atoms with van der Waals surface area (Å²) in [5, 5.41) is 3.08. The van der Waals surface area contributed by atoms with Crippen LogP contribution in [0, 0.1) is 6.92 Å².